The Morgan fingerprint density at radius 3 is 1.81 bits per heavy atom. The summed E-state index contributed by atoms with van der Waals surface area (Å²) in [5, 5.41) is 0. The van der Waals surface area contributed by atoms with E-state index in [4.69, 9.17) is 10.5 Å². The first-order chi connectivity index (χ1) is 10.2. The SMILES string of the molecule is CCCCCCCC[C@H]1O[C@H]1CCCCCCCC(N)=O. The molecule has 1 aliphatic rings. The summed E-state index contributed by atoms with van der Waals surface area (Å²) in [5.41, 5.74) is 5.11. The normalized spacial score (nSPS) is 20.6. The summed E-state index contributed by atoms with van der Waals surface area (Å²) in [7, 11) is 0. The molecule has 0 bridgehead atoms. The minimum absolute atomic E-state index is 0.168. The standard InChI is InChI=1S/C18H35NO2/c1-2-3-4-5-7-10-13-16-17(21-16)14-11-8-6-9-12-15-18(19)20/h16-17H,2-15H2,1H3,(H2,19,20)/t16-,17+/m1/s1. The summed E-state index contributed by atoms with van der Waals surface area (Å²) in [6.45, 7) is 2.26. The fraction of sp³-hybridized carbons (Fsp3) is 0.944. The van der Waals surface area contributed by atoms with E-state index in [0.29, 0.717) is 18.6 Å². The van der Waals surface area contributed by atoms with Crippen molar-refractivity contribution >= 4 is 5.91 Å². The molecule has 2 N–H and O–H groups in total. The highest BCUT2D eigenvalue weighted by molar-refractivity contribution is 5.73. The van der Waals surface area contributed by atoms with Gasteiger partial charge < -0.3 is 10.5 Å². The van der Waals surface area contributed by atoms with Crippen molar-refractivity contribution in [3.8, 4) is 0 Å². The number of ether oxygens (including phenoxy) is 1. The second kappa shape index (κ2) is 12.0. The number of rotatable bonds is 15. The summed E-state index contributed by atoms with van der Waals surface area (Å²) >= 11 is 0. The lowest BCUT2D eigenvalue weighted by Crippen LogP contribution is -2.09. The molecule has 1 saturated heterocycles. The molecule has 0 unspecified atom stereocenters. The molecule has 0 spiro atoms. The van der Waals surface area contributed by atoms with Gasteiger partial charge in [0.2, 0.25) is 5.91 Å². The van der Waals surface area contributed by atoms with Crippen LogP contribution < -0.4 is 5.73 Å². The maximum absolute atomic E-state index is 10.6. The average molecular weight is 297 g/mol. The number of primary amides is 1. The Labute approximate surface area is 131 Å². The largest absolute Gasteiger partial charge is 0.370 e. The molecule has 0 radical (unpaired) electrons. The molecular weight excluding hydrogens is 262 g/mol. The zero-order chi connectivity index (χ0) is 15.3. The molecule has 1 rings (SSSR count). The van der Waals surface area contributed by atoms with E-state index in [0.717, 1.165) is 12.8 Å². The number of hydrogen-bond donors (Lipinski definition) is 1. The minimum Gasteiger partial charge on any atom is -0.370 e. The summed E-state index contributed by atoms with van der Waals surface area (Å²) in [6, 6.07) is 0. The van der Waals surface area contributed by atoms with Gasteiger partial charge in [0.1, 0.15) is 0 Å². The fourth-order valence-electron chi connectivity index (χ4n) is 2.99. The Morgan fingerprint density at radius 1 is 0.810 bits per heavy atom. The van der Waals surface area contributed by atoms with Crippen LogP contribution >= 0.6 is 0 Å². The van der Waals surface area contributed by atoms with Gasteiger partial charge in [0.05, 0.1) is 12.2 Å². The molecule has 0 aromatic rings. The minimum atomic E-state index is -0.168. The molecule has 0 aromatic heterocycles. The quantitative estimate of drug-likeness (QED) is 0.351. The molecule has 1 aliphatic heterocycles. The molecule has 3 heteroatoms. The van der Waals surface area contributed by atoms with Gasteiger partial charge in [-0.2, -0.15) is 0 Å². The van der Waals surface area contributed by atoms with E-state index >= 15 is 0 Å². The average Bonchev–Trinajstić information content (AvgIpc) is 3.20. The number of epoxide rings is 1. The van der Waals surface area contributed by atoms with Gasteiger partial charge >= 0.3 is 0 Å². The predicted molar refractivity (Wildman–Crippen MR) is 88.2 cm³/mol. The molecule has 3 nitrogen and oxygen atoms in total. The molecule has 1 fully saturated rings. The zero-order valence-electron chi connectivity index (χ0n) is 13.9. The number of carbonyl (C=O) groups is 1. The first-order valence-electron chi connectivity index (χ1n) is 9.17. The van der Waals surface area contributed by atoms with Crippen LogP contribution in [0.5, 0.6) is 0 Å². The first-order valence-corrected chi connectivity index (χ1v) is 9.17. The lowest BCUT2D eigenvalue weighted by atomic mass is 10.0. The highest BCUT2D eigenvalue weighted by Gasteiger charge is 2.36. The maximum atomic E-state index is 10.6. The van der Waals surface area contributed by atoms with Gasteiger partial charge in [-0.3, -0.25) is 4.79 Å². The third kappa shape index (κ3) is 10.8. The van der Waals surface area contributed by atoms with Crippen LogP contribution in [0.15, 0.2) is 0 Å². The van der Waals surface area contributed by atoms with Gasteiger partial charge in [-0.05, 0) is 19.3 Å². The van der Waals surface area contributed by atoms with Crippen molar-refractivity contribution in [3.05, 3.63) is 0 Å². The van der Waals surface area contributed by atoms with Crippen LogP contribution in [0, 0.1) is 0 Å². The van der Waals surface area contributed by atoms with Crippen molar-refractivity contribution in [1.29, 1.82) is 0 Å². The number of amides is 1. The van der Waals surface area contributed by atoms with Crippen molar-refractivity contribution in [1.82, 2.24) is 0 Å². The Morgan fingerprint density at radius 2 is 1.29 bits per heavy atom. The van der Waals surface area contributed by atoms with Crippen LogP contribution in [0.3, 0.4) is 0 Å². The van der Waals surface area contributed by atoms with E-state index in [1.807, 2.05) is 0 Å². The maximum Gasteiger partial charge on any atom is 0.217 e. The van der Waals surface area contributed by atoms with Crippen molar-refractivity contribution in [2.24, 2.45) is 5.73 Å². The van der Waals surface area contributed by atoms with Crippen LogP contribution in [-0.4, -0.2) is 18.1 Å². The molecule has 1 heterocycles. The zero-order valence-corrected chi connectivity index (χ0v) is 13.9. The summed E-state index contributed by atoms with van der Waals surface area (Å²) in [4.78, 5) is 10.6. The Hall–Kier alpha value is -0.570. The van der Waals surface area contributed by atoms with Crippen molar-refractivity contribution in [2.75, 3.05) is 0 Å². The molecular formula is C18H35NO2. The van der Waals surface area contributed by atoms with E-state index < -0.39 is 0 Å². The van der Waals surface area contributed by atoms with Gasteiger partial charge in [0, 0.05) is 6.42 Å². The van der Waals surface area contributed by atoms with E-state index in [2.05, 4.69) is 6.92 Å². The van der Waals surface area contributed by atoms with Gasteiger partial charge in [-0.15, -0.1) is 0 Å². The van der Waals surface area contributed by atoms with Crippen molar-refractivity contribution in [2.45, 2.75) is 109 Å². The lowest BCUT2D eigenvalue weighted by Gasteiger charge is -2.00. The number of nitrogens with two attached hydrogens (primary N) is 1. The third-order valence-corrected chi connectivity index (χ3v) is 4.44. The lowest BCUT2D eigenvalue weighted by molar-refractivity contribution is -0.118. The van der Waals surface area contributed by atoms with Crippen molar-refractivity contribution < 1.29 is 9.53 Å². The van der Waals surface area contributed by atoms with Crippen LogP contribution in [-0.2, 0) is 9.53 Å². The van der Waals surface area contributed by atoms with Gasteiger partial charge in [0.25, 0.3) is 0 Å². The van der Waals surface area contributed by atoms with Gasteiger partial charge in [-0.25, -0.2) is 0 Å². The number of carbonyl (C=O) groups excluding carboxylic acids is 1. The van der Waals surface area contributed by atoms with E-state index in [9.17, 15) is 4.79 Å². The Kier molecular flexibility index (Phi) is 10.6. The second-order valence-electron chi connectivity index (χ2n) is 6.54. The summed E-state index contributed by atoms with van der Waals surface area (Å²) < 4.78 is 5.74. The molecule has 124 valence electrons. The third-order valence-electron chi connectivity index (χ3n) is 4.44. The second-order valence-corrected chi connectivity index (χ2v) is 6.54. The van der Waals surface area contributed by atoms with Crippen LogP contribution in [0.25, 0.3) is 0 Å². The monoisotopic (exact) mass is 297 g/mol. The molecule has 0 saturated carbocycles. The molecule has 0 aliphatic carbocycles. The first kappa shape index (κ1) is 18.5. The van der Waals surface area contributed by atoms with Crippen LogP contribution in [0.4, 0.5) is 0 Å². The highest BCUT2D eigenvalue weighted by atomic mass is 16.6. The van der Waals surface area contributed by atoms with Crippen LogP contribution in [0.1, 0.15) is 96.8 Å². The highest BCUT2D eigenvalue weighted by Crippen LogP contribution is 2.31. The number of hydrogen-bond acceptors (Lipinski definition) is 2. The van der Waals surface area contributed by atoms with Gasteiger partial charge in [-0.1, -0.05) is 71.1 Å². The van der Waals surface area contributed by atoms with Gasteiger partial charge in [0.15, 0.2) is 0 Å². The van der Waals surface area contributed by atoms with E-state index in [-0.39, 0.29) is 5.91 Å². The Bertz CT molecular complexity index is 268. The predicted octanol–water partition coefficient (Wildman–Crippen LogP) is 4.72. The van der Waals surface area contributed by atoms with Crippen LogP contribution in [0.2, 0.25) is 0 Å². The topological polar surface area (TPSA) is 55.6 Å². The molecule has 0 aromatic carbocycles. The fourth-order valence-corrected chi connectivity index (χ4v) is 2.99. The molecule has 21 heavy (non-hydrogen) atoms. The van der Waals surface area contributed by atoms with Crippen molar-refractivity contribution in [3.63, 3.8) is 0 Å². The number of unbranched alkanes of at least 4 members (excludes halogenated alkanes) is 9. The summed E-state index contributed by atoms with van der Waals surface area (Å²) in [6.07, 6.45) is 18.3. The smallest absolute Gasteiger partial charge is 0.217 e. The van der Waals surface area contributed by atoms with E-state index in [1.54, 1.807) is 0 Å². The molecule has 2 atom stereocenters. The Balaban J connectivity index is 1.77. The summed E-state index contributed by atoms with van der Waals surface area (Å²) in [5.74, 6) is -0.168. The van der Waals surface area contributed by atoms with E-state index in [1.165, 1.54) is 70.6 Å². The molecule has 1 amide bonds.